The van der Waals surface area contributed by atoms with Crippen LogP contribution in [-0.2, 0) is 9.59 Å². The van der Waals surface area contributed by atoms with Crippen molar-refractivity contribution in [2.24, 2.45) is 0 Å². The number of amides is 1. The first kappa shape index (κ1) is 26.1. The molecule has 1 atom stereocenters. The van der Waals surface area contributed by atoms with Gasteiger partial charge >= 0.3 is 5.97 Å². The largest absolute Gasteiger partial charge is 0.481 e. The number of aromatic nitrogens is 1. The number of nitrogens with zero attached hydrogens (tertiary/aromatic N) is 2. The lowest BCUT2D eigenvalue weighted by Crippen LogP contribution is -2.40. The summed E-state index contributed by atoms with van der Waals surface area (Å²) in [5.41, 5.74) is 7.55. The van der Waals surface area contributed by atoms with Crippen molar-refractivity contribution in [3.8, 4) is 11.1 Å². The van der Waals surface area contributed by atoms with Crippen molar-refractivity contribution in [3.63, 3.8) is 0 Å². The van der Waals surface area contributed by atoms with E-state index in [1.54, 1.807) is 18.2 Å². The number of pyridine rings is 1. The van der Waals surface area contributed by atoms with E-state index < -0.39 is 17.9 Å². The van der Waals surface area contributed by atoms with Crippen molar-refractivity contribution < 1.29 is 14.7 Å². The van der Waals surface area contributed by atoms with Crippen molar-refractivity contribution in [1.82, 2.24) is 15.4 Å². The molecule has 0 fully saturated rings. The number of aromatic amines is 1. The predicted octanol–water partition coefficient (Wildman–Crippen LogP) is 5.21. The van der Waals surface area contributed by atoms with Crippen molar-refractivity contribution in [1.29, 1.82) is 0 Å². The summed E-state index contributed by atoms with van der Waals surface area (Å²) in [6, 6.07) is 22.0. The number of hydrogen-bond donors (Lipinski definition) is 3. The van der Waals surface area contributed by atoms with Gasteiger partial charge in [0.1, 0.15) is 0 Å². The van der Waals surface area contributed by atoms with Crippen LogP contribution in [0.5, 0.6) is 0 Å². The molecular weight excluding hydrogens is 516 g/mol. The molecule has 1 aliphatic rings. The van der Waals surface area contributed by atoms with Crippen LogP contribution in [0.1, 0.15) is 30.0 Å². The number of hydrogen-bond acceptors (Lipinski definition) is 5. The van der Waals surface area contributed by atoms with Crippen LogP contribution in [0.2, 0.25) is 5.02 Å². The summed E-state index contributed by atoms with van der Waals surface area (Å²) >= 11 is 6.37. The van der Waals surface area contributed by atoms with Gasteiger partial charge in [-0.1, -0.05) is 54.1 Å². The highest BCUT2D eigenvalue weighted by molar-refractivity contribution is 6.31. The van der Waals surface area contributed by atoms with Crippen LogP contribution in [0.4, 0.5) is 5.69 Å². The van der Waals surface area contributed by atoms with Crippen molar-refractivity contribution in [2.75, 3.05) is 19.0 Å². The average Bonchev–Trinajstić information content (AvgIpc) is 3.37. The first-order valence-corrected chi connectivity index (χ1v) is 12.8. The zero-order valence-electron chi connectivity index (χ0n) is 21.4. The van der Waals surface area contributed by atoms with E-state index in [0.717, 1.165) is 22.2 Å². The normalized spacial score (nSPS) is 14.7. The molecular formula is C30H27ClN4O4. The molecule has 0 aliphatic carbocycles. The molecule has 9 heteroatoms. The number of benzene rings is 3. The third-order valence-corrected chi connectivity index (χ3v) is 6.96. The maximum Gasteiger partial charge on any atom is 0.303 e. The van der Waals surface area contributed by atoms with Gasteiger partial charge < -0.3 is 15.0 Å². The maximum atomic E-state index is 13.6. The van der Waals surface area contributed by atoms with Gasteiger partial charge in [0.15, 0.2) is 0 Å². The predicted molar refractivity (Wildman–Crippen MR) is 153 cm³/mol. The van der Waals surface area contributed by atoms with Crippen molar-refractivity contribution in [2.45, 2.75) is 18.9 Å². The lowest BCUT2D eigenvalue weighted by molar-refractivity contribution is -0.142. The molecule has 8 nitrogen and oxygen atoms in total. The fraction of sp³-hybridized carbons (Fsp3) is 0.167. The summed E-state index contributed by atoms with van der Waals surface area (Å²) in [7, 11) is 3.88. The highest BCUT2D eigenvalue weighted by Gasteiger charge is 2.33. The number of rotatable bonds is 7. The topological polar surface area (TPSA) is 106 Å². The first-order chi connectivity index (χ1) is 18.7. The second kappa shape index (κ2) is 10.7. The number of nitrogens with one attached hydrogen (secondary N) is 2. The third-order valence-electron chi connectivity index (χ3n) is 6.72. The molecule has 0 spiro atoms. The van der Waals surface area contributed by atoms with E-state index in [9.17, 15) is 14.4 Å². The van der Waals surface area contributed by atoms with Gasteiger partial charge in [-0.3, -0.25) is 19.8 Å². The Kier molecular flexibility index (Phi) is 7.13. The van der Waals surface area contributed by atoms with Crippen LogP contribution < -0.4 is 15.9 Å². The molecule has 1 amide bonds. The van der Waals surface area contributed by atoms with E-state index in [4.69, 9.17) is 16.7 Å². The van der Waals surface area contributed by atoms with E-state index in [0.29, 0.717) is 27.4 Å². The van der Waals surface area contributed by atoms with E-state index in [1.807, 2.05) is 79.7 Å². The Morgan fingerprint density at radius 3 is 2.36 bits per heavy atom. The third kappa shape index (κ3) is 5.24. The summed E-state index contributed by atoms with van der Waals surface area (Å²) in [6.07, 6.45) is 1.34. The zero-order valence-corrected chi connectivity index (χ0v) is 22.2. The molecule has 2 heterocycles. The van der Waals surface area contributed by atoms with Crippen LogP contribution in [0.3, 0.4) is 0 Å². The summed E-state index contributed by atoms with van der Waals surface area (Å²) in [5, 5.41) is 11.8. The van der Waals surface area contributed by atoms with Crippen molar-refractivity contribution in [3.05, 3.63) is 105 Å². The van der Waals surface area contributed by atoms with Gasteiger partial charge in [-0.2, -0.15) is 0 Å². The quantitative estimate of drug-likeness (QED) is 0.296. The zero-order chi connectivity index (χ0) is 27.7. The minimum atomic E-state index is -1.06. The number of carbonyl (C=O) groups is 2. The van der Waals surface area contributed by atoms with Crippen LogP contribution in [0, 0.1) is 0 Å². The van der Waals surface area contributed by atoms with E-state index >= 15 is 0 Å². The molecule has 39 heavy (non-hydrogen) atoms. The van der Waals surface area contributed by atoms with E-state index in [2.05, 4.69) is 10.4 Å². The number of halogens is 1. The monoisotopic (exact) mass is 542 g/mol. The SMILES string of the molecule is CN(C)c1ccc([C@H]2C=C(c3c(-c4ccccc4)c4cc(Cl)ccc4[nH]c3=O)NN2C(=O)CCC(=O)O)cc1. The summed E-state index contributed by atoms with van der Waals surface area (Å²) in [6.45, 7) is 0. The molecule has 3 N–H and O–H groups in total. The highest BCUT2D eigenvalue weighted by atomic mass is 35.5. The Hall–Kier alpha value is -4.56. The smallest absolute Gasteiger partial charge is 0.303 e. The lowest BCUT2D eigenvalue weighted by atomic mass is 9.94. The number of anilines is 1. The van der Waals surface area contributed by atoms with Gasteiger partial charge in [0.2, 0.25) is 5.91 Å². The number of hydrazine groups is 1. The fourth-order valence-corrected chi connectivity index (χ4v) is 4.97. The average molecular weight is 543 g/mol. The Labute approximate surface area is 230 Å². The van der Waals surface area contributed by atoms with Crippen LogP contribution in [0.25, 0.3) is 27.7 Å². The number of fused-ring (bicyclic) bond motifs is 1. The second-order valence-electron chi connectivity index (χ2n) is 9.54. The number of H-pyrrole nitrogens is 1. The second-order valence-corrected chi connectivity index (χ2v) is 9.98. The molecule has 198 valence electrons. The van der Waals surface area contributed by atoms with E-state index in [1.165, 1.54) is 5.01 Å². The number of aliphatic carboxylic acids is 1. The molecule has 0 bridgehead atoms. The standard InChI is InChI=1S/C30H27ClN4O4/c1-34(2)21-11-8-18(9-12-21)25-17-24(33-35(25)26(36)14-15-27(37)38)29-28(19-6-4-3-5-7-19)22-16-20(31)10-13-23(22)32-30(29)39/h3-13,16-17,25,33H,14-15H2,1-2H3,(H,32,39)(H,37,38)/t25-/m1/s1. The van der Waals surface area contributed by atoms with Gasteiger partial charge in [0.05, 0.1) is 23.7 Å². The van der Waals surface area contributed by atoms with Gasteiger partial charge in [0, 0.05) is 47.7 Å². The summed E-state index contributed by atoms with van der Waals surface area (Å²) in [4.78, 5) is 42.9. The Morgan fingerprint density at radius 2 is 1.69 bits per heavy atom. The minimum Gasteiger partial charge on any atom is -0.481 e. The van der Waals surface area contributed by atoms with Crippen LogP contribution in [0.15, 0.2) is 83.7 Å². The Bertz CT molecular complexity index is 1650. The number of carboxylic acids is 1. The van der Waals surface area contributed by atoms with Gasteiger partial charge in [-0.05, 0) is 47.5 Å². The van der Waals surface area contributed by atoms with Crippen molar-refractivity contribution >= 4 is 45.8 Å². The van der Waals surface area contributed by atoms with Gasteiger partial charge in [-0.15, -0.1) is 0 Å². The first-order valence-electron chi connectivity index (χ1n) is 12.4. The molecule has 4 aromatic rings. The van der Waals surface area contributed by atoms with Crippen LogP contribution in [-0.4, -0.2) is 41.1 Å². The van der Waals surface area contributed by atoms with Crippen LogP contribution >= 0.6 is 11.6 Å². The van der Waals surface area contributed by atoms with E-state index in [-0.39, 0.29) is 18.4 Å². The molecule has 0 saturated heterocycles. The highest BCUT2D eigenvalue weighted by Crippen LogP contribution is 2.38. The lowest BCUT2D eigenvalue weighted by Gasteiger charge is -2.26. The Morgan fingerprint density at radius 1 is 0.974 bits per heavy atom. The Balaban J connectivity index is 1.68. The number of carbonyl (C=O) groups excluding carboxylic acids is 1. The summed E-state index contributed by atoms with van der Waals surface area (Å²) in [5.74, 6) is -1.45. The molecule has 5 rings (SSSR count). The van der Waals surface area contributed by atoms with Gasteiger partial charge in [0.25, 0.3) is 5.56 Å². The molecule has 1 aliphatic heterocycles. The summed E-state index contributed by atoms with van der Waals surface area (Å²) < 4.78 is 0. The molecule has 0 unspecified atom stereocenters. The minimum absolute atomic E-state index is 0.190. The molecule has 3 aromatic carbocycles. The molecule has 0 radical (unpaired) electrons. The number of carboxylic acid groups (broad SMARTS) is 1. The fourth-order valence-electron chi connectivity index (χ4n) is 4.80. The van der Waals surface area contributed by atoms with Gasteiger partial charge in [-0.25, -0.2) is 5.01 Å². The maximum absolute atomic E-state index is 13.6. The molecule has 0 saturated carbocycles. The molecule has 1 aromatic heterocycles.